The Morgan fingerprint density at radius 1 is 0.966 bits per heavy atom. The van der Waals surface area contributed by atoms with Crippen LogP contribution < -0.4 is 19.1 Å². The molecule has 0 aliphatic carbocycles. The minimum Gasteiger partial charge on any atom is -0.493 e. The monoisotopic (exact) mass is 395 g/mol. The summed E-state index contributed by atoms with van der Waals surface area (Å²) in [6.07, 6.45) is 0.126. The quantitative estimate of drug-likeness (QED) is 0.725. The Labute approximate surface area is 168 Å². The number of hydrogen-bond acceptors (Lipinski definition) is 6. The highest BCUT2D eigenvalue weighted by Gasteiger charge is 2.43. The van der Waals surface area contributed by atoms with E-state index in [1.807, 2.05) is 30.3 Å². The van der Waals surface area contributed by atoms with Gasteiger partial charge in [-0.15, -0.1) is 0 Å². The maximum Gasteiger partial charge on any atom is 0.336 e. The van der Waals surface area contributed by atoms with Crippen LogP contribution in [0.1, 0.15) is 17.9 Å². The predicted molar refractivity (Wildman–Crippen MR) is 105 cm³/mol. The van der Waals surface area contributed by atoms with Crippen molar-refractivity contribution in [2.75, 3.05) is 32.8 Å². The predicted octanol–water partition coefficient (Wildman–Crippen LogP) is 3.04. The van der Waals surface area contributed by atoms with Crippen LogP contribution >= 0.6 is 0 Å². The molecule has 2 aliphatic heterocycles. The molecule has 4 rings (SSSR count). The van der Waals surface area contributed by atoms with Crippen molar-refractivity contribution in [1.29, 1.82) is 0 Å². The van der Waals surface area contributed by atoms with Gasteiger partial charge in [0.2, 0.25) is 11.7 Å². The number of methoxy groups -OCH3 is 3. The van der Waals surface area contributed by atoms with Gasteiger partial charge in [-0.05, 0) is 29.8 Å². The number of rotatable bonds is 5. The smallest absolute Gasteiger partial charge is 0.336 e. The highest BCUT2D eigenvalue weighted by Crippen LogP contribution is 2.46. The third-order valence-corrected chi connectivity index (χ3v) is 5.22. The zero-order chi connectivity index (χ0) is 20.5. The molecular formula is C22H21NO6. The van der Waals surface area contributed by atoms with Crippen LogP contribution in [0.15, 0.2) is 53.7 Å². The lowest BCUT2D eigenvalue weighted by Crippen LogP contribution is -2.37. The molecule has 150 valence electrons. The summed E-state index contributed by atoms with van der Waals surface area (Å²) >= 11 is 0. The molecule has 29 heavy (non-hydrogen) atoms. The fourth-order valence-electron chi connectivity index (χ4n) is 3.92. The molecule has 1 amide bonds. The molecule has 0 fully saturated rings. The Hall–Kier alpha value is -3.48. The van der Waals surface area contributed by atoms with Crippen molar-refractivity contribution in [1.82, 2.24) is 0 Å². The molecule has 0 N–H and O–H groups in total. The fourth-order valence-corrected chi connectivity index (χ4v) is 3.92. The Morgan fingerprint density at radius 3 is 2.21 bits per heavy atom. The maximum absolute atomic E-state index is 13.1. The molecule has 2 aromatic carbocycles. The molecule has 1 atom stereocenters. The number of ether oxygens (including phenoxy) is 4. The number of para-hydroxylation sites is 1. The maximum atomic E-state index is 13.1. The highest BCUT2D eigenvalue weighted by atomic mass is 16.5. The topological polar surface area (TPSA) is 74.3 Å². The number of carbonyl (C=O) groups is 2. The first kappa shape index (κ1) is 18.9. The van der Waals surface area contributed by atoms with Crippen LogP contribution in [-0.2, 0) is 14.3 Å². The van der Waals surface area contributed by atoms with Crippen LogP contribution in [0, 0.1) is 0 Å². The Kier molecular flexibility index (Phi) is 4.88. The number of esters is 1. The third kappa shape index (κ3) is 3.08. The van der Waals surface area contributed by atoms with Crippen LogP contribution in [0.2, 0.25) is 0 Å². The minimum atomic E-state index is -0.457. The van der Waals surface area contributed by atoms with E-state index in [0.29, 0.717) is 34.2 Å². The van der Waals surface area contributed by atoms with Gasteiger partial charge in [0.05, 0.1) is 32.6 Å². The van der Waals surface area contributed by atoms with E-state index in [1.54, 1.807) is 17.0 Å². The van der Waals surface area contributed by atoms with Gasteiger partial charge >= 0.3 is 5.97 Å². The molecule has 2 aliphatic rings. The van der Waals surface area contributed by atoms with Gasteiger partial charge in [-0.25, -0.2) is 4.79 Å². The molecule has 2 heterocycles. The average molecular weight is 395 g/mol. The van der Waals surface area contributed by atoms with Crippen LogP contribution in [0.4, 0.5) is 5.69 Å². The zero-order valence-corrected chi connectivity index (χ0v) is 16.4. The summed E-state index contributed by atoms with van der Waals surface area (Å²) in [5, 5.41) is 0. The third-order valence-electron chi connectivity index (χ3n) is 5.22. The van der Waals surface area contributed by atoms with E-state index < -0.39 is 11.9 Å². The first-order valence-corrected chi connectivity index (χ1v) is 9.17. The lowest BCUT2D eigenvalue weighted by molar-refractivity contribution is -0.136. The van der Waals surface area contributed by atoms with Gasteiger partial charge in [0.25, 0.3) is 0 Å². The summed E-state index contributed by atoms with van der Waals surface area (Å²) in [6.45, 7) is 0.0652. The van der Waals surface area contributed by atoms with E-state index in [0.717, 1.165) is 5.56 Å². The first-order valence-electron chi connectivity index (χ1n) is 9.17. The van der Waals surface area contributed by atoms with Gasteiger partial charge in [0.1, 0.15) is 6.61 Å². The summed E-state index contributed by atoms with van der Waals surface area (Å²) in [5.41, 5.74) is 2.51. The second kappa shape index (κ2) is 7.50. The molecule has 0 spiro atoms. The second-order valence-corrected chi connectivity index (χ2v) is 6.72. The summed E-state index contributed by atoms with van der Waals surface area (Å²) in [4.78, 5) is 27.3. The van der Waals surface area contributed by atoms with E-state index in [9.17, 15) is 9.59 Å². The number of anilines is 1. The van der Waals surface area contributed by atoms with Crippen molar-refractivity contribution in [3.8, 4) is 17.2 Å². The van der Waals surface area contributed by atoms with Crippen LogP contribution in [0.5, 0.6) is 17.2 Å². The normalized spacial score (nSPS) is 18.4. The van der Waals surface area contributed by atoms with Gasteiger partial charge < -0.3 is 18.9 Å². The summed E-state index contributed by atoms with van der Waals surface area (Å²) in [7, 11) is 4.58. The van der Waals surface area contributed by atoms with Gasteiger partial charge in [-0.3, -0.25) is 9.69 Å². The van der Waals surface area contributed by atoms with Gasteiger partial charge in [-0.1, -0.05) is 18.2 Å². The van der Waals surface area contributed by atoms with Crippen molar-refractivity contribution in [3.63, 3.8) is 0 Å². The summed E-state index contributed by atoms with van der Waals surface area (Å²) < 4.78 is 21.6. The molecule has 7 heteroatoms. The lowest BCUT2D eigenvalue weighted by Gasteiger charge is -2.32. The lowest BCUT2D eigenvalue weighted by atomic mass is 9.83. The molecule has 2 aromatic rings. The minimum absolute atomic E-state index is 0.0652. The van der Waals surface area contributed by atoms with E-state index in [1.165, 1.54) is 21.3 Å². The summed E-state index contributed by atoms with van der Waals surface area (Å²) in [6, 6.07) is 12.8. The summed E-state index contributed by atoms with van der Waals surface area (Å²) in [5.74, 6) is 0.414. The number of cyclic esters (lactones) is 1. The van der Waals surface area contributed by atoms with Crippen molar-refractivity contribution < 1.29 is 28.5 Å². The number of amides is 1. The van der Waals surface area contributed by atoms with Crippen LogP contribution in [-0.4, -0.2) is 39.8 Å². The van der Waals surface area contributed by atoms with E-state index >= 15 is 0 Å². The van der Waals surface area contributed by atoms with E-state index in [-0.39, 0.29) is 18.9 Å². The Bertz CT molecular complexity index is 973. The van der Waals surface area contributed by atoms with Crippen LogP contribution in [0.3, 0.4) is 0 Å². The van der Waals surface area contributed by atoms with Gasteiger partial charge in [-0.2, -0.15) is 0 Å². The number of carbonyl (C=O) groups excluding carboxylic acids is 2. The number of hydrogen-bond donors (Lipinski definition) is 0. The standard InChI is InChI=1S/C22H21NO6/c1-26-17-9-13(10-18(27-2)21(17)28-3)15-11-19(24)23(14-7-5-4-6-8-14)16-12-29-22(25)20(15)16/h4-10,15H,11-12H2,1-3H3/t15-/m0/s1. The molecule has 0 saturated heterocycles. The van der Waals surface area contributed by atoms with Gasteiger partial charge in [0, 0.05) is 18.0 Å². The van der Waals surface area contributed by atoms with Crippen molar-refractivity contribution in [2.45, 2.75) is 12.3 Å². The van der Waals surface area contributed by atoms with Crippen molar-refractivity contribution >= 4 is 17.6 Å². The van der Waals surface area contributed by atoms with E-state index in [4.69, 9.17) is 18.9 Å². The fraction of sp³-hybridized carbons (Fsp3) is 0.273. The molecule has 0 saturated carbocycles. The number of nitrogens with zero attached hydrogens (tertiary/aromatic N) is 1. The average Bonchev–Trinajstić information content (AvgIpc) is 3.13. The molecule has 0 radical (unpaired) electrons. The Balaban J connectivity index is 1.85. The van der Waals surface area contributed by atoms with Crippen molar-refractivity contribution in [3.05, 3.63) is 59.3 Å². The molecule has 0 aromatic heterocycles. The van der Waals surface area contributed by atoms with Crippen LogP contribution in [0.25, 0.3) is 0 Å². The molecular weight excluding hydrogens is 374 g/mol. The van der Waals surface area contributed by atoms with Gasteiger partial charge in [0.15, 0.2) is 11.5 Å². The van der Waals surface area contributed by atoms with Crippen molar-refractivity contribution in [2.24, 2.45) is 0 Å². The molecule has 7 nitrogen and oxygen atoms in total. The first-order chi connectivity index (χ1) is 14.1. The SMILES string of the molecule is COc1cc([C@@H]2CC(=O)N(c3ccccc3)C3=C2C(=O)OC3)cc(OC)c1OC. The van der Waals surface area contributed by atoms with E-state index in [2.05, 4.69) is 0 Å². The highest BCUT2D eigenvalue weighted by molar-refractivity contribution is 6.06. The molecule has 0 bridgehead atoms. The largest absolute Gasteiger partial charge is 0.493 e. The second-order valence-electron chi connectivity index (χ2n) is 6.72. The zero-order valence-electron chi connectivity index (χ0n) is 16.4. The Morgan fingerprint density at radius 2 is 1.62 bits per heavy atom. The molecule has 0 unspecified atom stereocenters. The number of benzene rings is 2.